The summed E-state index contributed by atoms with van der Waals surface area (Å²) < 4.78 is 33.4. The lowest BCUT2D eigenvalue weighted by molar-refractivity contribution is -0.116. The SMILES string of the molecule is CC(=O)CCS(=O)(=O)N[C@H]1CCc2c(-c3cnc(-c4ccc(OC(C)C)c(C#N)c4)s3)cccc21. The maximum atomic E-state index is 12.4. The van der Waals surface area contributed by atoms with Gasteiger partial charge in [-0.25, -0.2) is 18.1 Å². The second kappa shape index (κ2) is 10.3. The van der Waals surface area contributed by atoms with Gasteiger partial charge in [0.15, 0.2) is 0 Å². The van der Waals surface area contributed by atoms with Gasteiger partial charge in [0.2, 0.25) is 10.0 Å². The molecule has 0 bridgehead atoms. The zero-order valence-corrected chi connectivity index (χ0v) is 21.5. The van der Waals surface area contributed by atoms with E-state index < -0.39 is 10.0 Å². The van der Waals surface area contributed by atoms with Crippen molar-refractivity contribution in [1.29, 1.82) is 5.26 Å². The van der Waals surface area contributed by atoms with Gasteiger partial charge in [-0.3, -0.25) is 4.79 Å². The first-order valence-corrected chi connectivity index (χ1v) is 13.9. The standard InChI is InChI=1S/C26H27N3O4S2/c1-16(2)33-24-10-7-18(13-19(24)14-27)26-28-15-25(34-26)22-6-4-5-21-20(22)8-9-23(21)29-35(31,32)12-11-17(3)30/h4-7,10,13,15-16,23,29H,8-9,11-12H2,1-3H3/t23-/m0/s1. The zero-order valence-electron chi connectivity index (χ0n) is 19.9. The molecule has 0 saturated heterocycles. The summed E-state index contributed by atoms with van der Waals surface area (Å²) in [5.74, 6) is 0.216. The third kappa shape index (κ3) is 5.78. The van der Waals surface area contributed by atoms with Crippen LogP contribution >= 0.6 is 11.3 Å². The summed E-state index contributed by atoms with van der Waals surface area (Å²) in [7, 11) is -3.55. The highest BCUT2D eigenvalue weighted by Gasteiger charge is 2.29. The van der Waals surface area contributed by atoms with Crippen LogP contribution in [0, 0.1) is 11.3 Å². The molecule has 1 aromatic heterocycles. The summed E-state index contributed by atoms with van der Waals surface area (Å²) in [6, 6.07) is 13.3. The highest BCUT2D eigenvalue weighted by molar-refractivity contribution is 7.89. The molecule has 0 unspecified atom stereocenters. The molecule has 1 aliphatic rings. The van der Waals surface area contributed by atoms with Crippen LogP contribution in [0.25, 0.3) is 21.0 Å². The minimum atomic E-state index is -3.55. The lowest BCUT2D eigenvalue weighted by Gasteiger charge is -2.15. The van der Waals surface area contributed by atoms with Gasteiger partial charge in [-0.05, 0) is 68.5 Å². The van der Waals surface area contributed by atoms with Crippen molar-refractivity contribution in [3.05, 3.63) is 59.3 Å². The predicted octanol–water partition coefficient (Wildman–Crippen LogP) is 5.02. The summed E-state index contributed by atoms with van der Waals surface area (Å²) in [5, 5.41) is 10.3. The van der Waals surface area contributed by atoms with Gasteiger partial charge in [-0.1, -0.05) is 18.2 Å². The molecule has 1 heterocycles. The first-order chi connectivity index (χ1) is 16.7. The number of hydrogen-bond donors (Lipinski definition) is 1. The minimum Gasteiger partial charge on any atom is -0.490 e. The van der Waals surface area contributed by atoms with Crippen LogP contribution in [0.5, 0.6) is 5.75 Å². The second-order valence-corrected chi connectivity index (χ2v) is 11.8. The normalized spacial score (nSPS) is 15.1. The number of rotatable bonds is 9. The third-order valence-corrected chi connectivity index (χ3v) is 8.26. The van der Waals surface area contributed by atoms with Gasteiger partial charge >= 0.3 is 0 Å². The first kappa shape index (κ1) is 25.0. The number of ether oxygens (including phenoxy) is 1. The van der Waals surface area contributed by atoms with E-state index in [9.17, 15) is 18.5 Å². The fourth-order valence-corrected chi connectivity index (χ4v) is 6.52. The molecule has 1 atom stereocenters. The number of aromatic nitrogens is 1. The molecular formula is C26H27N3O4S2. The zero-order chi connectivity index (χ0) is 25.2. The van der Waals surface area contributed by atoms with Crippen LogP contribution < -0.4 is 9.46 Å². The number of nitrogens with zero attached hydrogens (tertiary/aromatic N) is 2. The number of sulfonamides is 1. The Balaban J connectivity index is 1.59. The van der Waals surface area contributed by atoms with E-state index in [1.165, 1.54) is 18.3 Å². The molecule has 2 aromatic carbocycles. The van der Waals surface area contributed by atoms with Crippen molar-refractivity contribution in [2.24, 2.45) is 0 Å². The number of carbonyl (C=O) groups is 1. The van der Waals surface area contributed by atoms with Crippen LogP contribution in [0.15, 0.2) is 42.6 Å². The van der Waals surface area contributed by atoms with E-state index in [1.54, 1.807) is 12.1 Å². The molecule has 4 rings (SSSR count). The topological polar surface area (TPSA) is 109 Å². The van der Waals surface area contributed by atoms with Crippen LogP contribution in [0.2, 0.25) is 0 Å². The third-order valence-electron chi connectivity index (χ3n) is 5.80. The fourth-order valence-electron chi connectivity index (χ4n) is 4.20. The number of hydrogen-bond acceptors (Lipinski definition) is 7. The second-order valence-electron chi connectivity index (χ2n) is 8.87. The van der Waals surface area contributed by atoms with Crippen LogP contribution in [0.3, 0.4) is 0 Å². The molecule has 9 heteroatoms. The maximum absolute atomic E-state index is 12.4. The van der Waals surface area contributed by atoms with E-state index >= 15 is 0 Å². The molecule has 0 amide bonds. The van der Waals surface area contributed by atoms with Crippen molar-refractivity contribution in [2.45, 2.75) is 52.2 Å². The highest BCUT2D eigenvalue weighted by atomic mass is 32.2. The van der Waals surface area contributed by atoms with Gasteiger partial charge in [0.05, 0.1) is 22.3 Å². The van der Waals surface area contributed by atoms with Crippen molar-refractivity contribution in [1.82, 2.24) is 9.71 Å². The molecule has 182 valence electrons. The van der Waals surface area contributed by atoms with E-state index in [-0.39, 0.29) is 30.1 Å². The Labute approximate surface area is 209 Å². The van der Waals surface area contributed by atoms with Gasteiger partial charge in [-0.15, -0.1) is 11.3 Å². The van der Waals surface area contributed by atoms with E-state index in [4.69, 9.17) is 4.74 Å². The van der Waals surface area contributed by atoms with Crippen LogP contribution in [0.1, 0.15) is 56.3 Å². The Kier molecular flexibility index (Phi) is 7.36. The first-order valence-electron chi connectivity index (χ1n) is 11.5. The Morgan fingerprint density at radius 3 is 2.83 bits per heavy atom. The molecule has 0 spiro atoms. The van der Waals surface area contributed by atoms with Gasteiger partial charge in [0.25, 0.3) is 0 Å². The van der Waals surface area contributed by atoms with E-state index in [2.05, 4.69) is 15.8 Å². The summed E-state index contributed by atoms with van der Waals surface area (Å²) in [6.45, 7) is 5.23. The van der Waals surface area contributed by atoms with Gasteiger partial charge in [-0.2, -0.15) is 5.26 Å². The molecule has 0 saturated carbocycles. The largest absolute Gasteiger partial charge is 0.490 e. The molecule has 0 aliphatic heterocycles. The fraction of sp³-hybridized carbons (Fsp3) is 0.346. The van der Waals surface area contributed by atoms with Crippen molar-refractivity contribution >= 4 is 27.1 Å². The van der Waals surface area contributed by atoms with Crippen molar-refractivity contribution in [3.63, 3.8) is 0 Å². The molecule has 7 nitrogen and oxygen atoms in total. The number of Topliss-reactive ketones (excluding diaryl/α,β-unsaturated/α-hetero) is 1. The lowest BCUT2D eigenvalue weighted by atomic mass is 10.0. The van der Waals surface area contributed by atoms with E-state index in [1.807, 2.05) is 44.3 Å². The smallest absolute Gasteiger partial charge is 0.212 e. The number of nitriles is 1. The van der Waals surface area contributed by atoms with Crippen LogP contribution in [-0.4, -0.2) is 31.0 Å². The Hall–Kier alpha value is -3.06. The Morgan fingerprint density at radius 2 is 2.11 bits per heavy atom. The van der Waals surface area contributed by atoms with Crippen LogP contribution in [-0.2, 0) is 21.2 Å². The van der Waals surface area contributed by atoms with E-state index in [0.717, 1.165) is 38.6 Å². The predicted molar refractivity (Wildman–Crippen MR) is 137 cm³/mol. The molecule has 1 N–H and O–H groups in total. The van der Waals surface area contributed by atoms with Gasteiger partial charge in [0.1, 0.15) is 22.6 Å². The lowest BCUT2D eigenvalue weighted by Crippen LogP contribution is -2.30. The van der Waals surface area contributed by atoms with Gasteiger partial charge < -0.3 is 4.74 Å². The average Bonchev–Trinajstić information content (AvgIpc) is 3.45. The Bertz CT molecular complexity index is 1400. The number of thiazole rings is 1. The average molecular weight is 510 g/mol. The molecule has 1 aliphatic carbocycles. The molecular weight excluding hydrogens is 482 g/mol. The van der Waals surface area contributed by atoms with Gasteiger partial charge in [0, 0.05) is 24.2 Å². The quantitative estimate of drug-likeness (QED) is 0.434. The molecule has 35 heavy (non-hydrogen) atoms. The highest BCUT2D eigenvalue weighted by Crippen LogP contribution is 2.41. The van der Waals surface area contributed by atoms with Crippen LogP contribution in [0.4, 0.5) is 0 Å². The molecule has 0 radical (unpaired) electrons. The minimum absolute atomic E-state index is 0.0106. The van der Waals surface area contributed by atoms with E-state index in [0.29, 0.717) is 17.7 Å². The van der Waals surface area contributed by atoms with Crippen molar-refractivity contribution < 1.29 is 17.9 Å². The van der Waals surface area contributed by atoms with Crippen molar-refractivity contribution in [3.8, 4) is 32.8 Å². The molecule has 3 aromatic rings. The summed E-state index contributed by atoms with van der Waals surface area (Å²) in [4.78, 5) is 16.8. The summed E-state index contributed by atoms with van der Waals surface area (Å²) >= 11 is 1.53. The number of nitrogens with one attached hydrogen (secondary N) is 1. The Morgan fingerprint density at radius 1 is 1.31 bits per heavy atom. The monoisotopic (exact) mass is 509 g/mol. The summed E-state index contributed by atoms with van der Waals surface area (Å²) in [5.41, 5.74) is 4.43. The number of benzene rings is 2. The summed E-state index contributed by atoms with van der Waals surface area (Å²) in [6.07, 6.45) is 3.22. The number of fused-ring (bicyclic) bond motifs is 1. The number of carbonyl (C=O) groups excluding carboxylic acids is 1. The maximum Gasteiger partial charge on any atom is 0.212 e. The molecule has 0 fully saturated rings. The van der Waals surface area contributed by atoms with Crippen molar-refractivity contribution in [2.75, 3.05) is 5.75 Å². The number of ketones is 1.